The van der Waals surface area contributed by atoms with E-state index in [9.17, 15) is 13.2 Å². The van der Waals surface area contributed by atoms with Crippen LogP contribution in [0.25, 0.3) is 0 Å². The number of sulfone groups is 1. The van der Waals surface area contributed by atoms with Gasteiger partial charge in [-0.15, -0.1) is 0 Å². The summed E-state index contributed by atoms with van der Waals surface area (Å²) < 4.78 is 35.7. The maximum atomic E-state index is 12.7. The largest absolute Gasteiger partial charge is 0.497 e. The van der Waals surface area contributed by atoms with Gasteiger partial charge < -0.3 is 14.4 Å². The summed E-state index contributed by atoms with van der Waals surface area (Å²) in [6.07, 6.45) is 0. The van der Waals surface area contributed by atoms with Crippen LogP contribution in [0.4, 0.5) is 5.69 Å². The number of methoxy groups -OCH3 is 1. The van der Waals surface area contributed by atoms with Crippen molar-refractivity contribution in [3.8, 4) is 11.5 Å². The number of benzene rings is 2. The highest BCUT2D eigenvalue weighted by molar-refractivity contribution is 7.90. The first-order chi connectivity index (χ1) is 11.4. The van der Waals surface area contributed by atoms with Gasteiger partial charge in [0.15, 0.2) is 16.4 Å². The number of rotatable bonds is 4. The molecular weight excluding hydrogens is 330 g/mol. The molecule has 7 heteroatoms. The van der Waals surface area contributed by atoms with E-state index in [0.29, 0.717) is 22.7 Å². The van der Waals surface area contributed by atoms with E-state index in [1.54, 1.807) is 44.5 Å². The first kappa shape index (κ1) is 16.3. The van der Waals surface area contributed by atoms with Crippen molar-refractivity contribution in [3.05, 3.63) is 48.0 Å². The Morgan fingerprint density at radius 2 is 1.88 bits per heavy atom. The number of hydrogen-bond donors (Lipinski definition) is 0. The topological polar surface area (TPSA) is 72.9 Å². The molecule has 126 valence electrons. The Balaban J connectivity index is 1.91. The second kappa shape index (κ2) is 6.16. The standard InChI is InChI=1S/C17H17NO5S/c1-18-15-9-14(7-8-16(15)23-10-17(18)19)24(20,21)11-12-3-5-13(22-2)6-4-12/h3-9H,10-11H2,1-2H3. The van der Waals surface area contributed by atoms with Crippen molar-refractivity contribution in [1.29, 1.82) is 0 Å². The van der Waals surface area contributed by atoms with Gasteiger partial charge in [-0.1, -0.05) is 12.1 Å². The molecule has 1 heterocycles. The predicted octanol–water partition coefficient (Wildman–Crippen LogP) is 2.02. The van der Waals surface area contributed by atoms with Gasteiger partial charge in [0.25, 0.3) is 5.91 Å². The van der Waals surface area contributed by atoms with Crippen molar-refractivity contribution in [1.82, 2.24) is 0 Å². The molecule has 1 aliphatic heterocycles. The number of fused-ring (bicyclic) bond motifs is 1. The van der Waals surface area contributed by atoms with Crippen LogP contribution in [0.1, 0.15) is 5.56 Å². The van der Waals surface area contributed by atoms with E-state index >= 15 is 0 Å². The molecule has 0 radical (unpaired) electrons. The van der Waals surface area contributed by atoms with E-state index in [-0.39, 0.29) is 23.2 Å². The molecule has 0 unspecified atom stereocenters. The molecule has 6 nitrogen and oxygen atoms in total. The number of carbonyl (C=O) groups excluding carboxylic acids is 1. The number of amides is 1. The Hall–Kier alpha value is -2.54. The lowest BCUT2D eigenvalue weighted by molar-refractivity contribution is -0.120. The van der Waals surface area contributed by atoms with Crippen LogP contribution in [0.15, 0.2) is 47.4 Å². The minimum Gasteiger partial charge on any atom is -0.497 e. The van der Waals surface area contributed by atoms with E-state index in [0.717, 1.165) is 0 Å². The van der Waals surface area contributed by atoms with E-state index in [1.165, 1.54) is 17.0 Å². The SMILES string of the molecule is COc1ccc(CS(=O)(=O)c2ccc3c(c2)N(C)C(=O)CO3)cc1. The first-order valence-corrected chi connectivity index (χ1v) is 8.95. The second-order valence-electron chi connectivity index (χ2n) is 5.48. The summed E-state index contributed by atoms with van der Waals surface area (Å²) in [5.74, 6) is 0.823. The van der Waals surface area contributed by atoms with Gasteiger partial charge in [-0.3, -0.25) is 4.79 Å². The van der Waals surface area contributed by atoms with Gasteiger partial charge in [0.2, 0.25) is 0 Å². The fourth-order valence-electron chi connectivity index (χ4n) is 2.47. The predicted molar refractivity (Wildman–Crippen MR) is 89.2 cm³/mol. The number of ether oxygens (including phenoxy) is 2. The summed E-state index contributed by atoms with van der Waals surface area (Å²) in [4.78, 5) is 13.3. The van der Waals surface area contributed by atoms with Crippen LogP contribution in [-0.2, 0) is 20.4 Å². The van der Waals surface area contributed by atoms with Crippen molar-refractivity contribution in [2.24, 2.45) is 0 Å². The molecule has 0 saturated carbocycles. The Morgan fingerprint density at radius 3 is 2.54 bits per heavy atom. The zero-order valence-corrected chi connectivity index (χ0v) is 14.2. The second-order valence-corrected chi connectivity index (χ2v) is 7.47. The molecule has 1 amide bonds. The molecular formula is C17H17NO5S. The molecule has 2 aromatic rings. The van der Waals surface area contributed by atoms with Crippen molar-refractivity contribution in [3.63, 3.8) is 0 Å². The highest BCUT2D eigenvalue weighted by Crippen LogP contribution is 2.34. The lowest BCUT2D eigenvalue weighted by Crippen LogP contribution is -2.35. The summed E-state index contributed by atoms with van der Waals surface area (Å²) in [5.41, 5.74) is 1.12. The van der Waals surface area contributed by atoms with E-state index in [4.69, 9.17) is 9.47 Å². The third-order valence-corrected chi connectivity index (χ3v) is 5.58. The van der Waals surface area contributed by atoms with Crippen molar-refractivity contribution in [2.45, 2.75) is 10.6 Å². The molecule has 0 N–H and O–H groups in total. The fraction of sp³-hybridized carbons (Fsp3) is 0.235. The van der Waals surface area contributed by atoms with Crippen LogP contribution in [-0.4, -0.2) is 35.1 Å². The van der Waals surface area contributed by atoms with Gasteiger partial charge in [-0.25, -0.2) is 8.42 Å². The van der Waals surface area contributed by atoms with Crippen LogP contribution >= 0.6 is 0 Å². The number of nitrogens with zero attached hydrogens (tertiary/aromatic N) is 1. The Kier molecular flexibility index (Phi) is 4.19. The van der Waals surface area contributed by atoms with E-state index < -0.39 is 9.84 Å². The maximum absolute atomic E-state index is 12.7. The van der Waals surface area contributed by atoms with Gasteiger partial charge in [0, 0.05) is 7.05 Å². The maximum Gasteiger partial charge on any atom is 0.264 e. The van der Waals surface area contributed by atoms with Crippen LogP contribution < -0.4 is 14.4 Å². The average Bonchev–Trinajstić information content (AvgIpc) is 2.58. The summed E-state index contributed by atoms with van der Waals surface area (Å²) in [6, 6.07) is 11.4. The van der Waals surface area contributed by atoms with Crippen LogP contribution in [0, 0.1) is 0 Å². The molecule has 2 aromatic carbocycles. The molecule has 0 bridgehead atoms. The van der Waals surface area contributed by atoms with Gasteiger partial charge in [0.05, 0.1) is 23.4 Å². The normalized spacial score (nSPS) is 14.1. The number of hydrogen-bond acceptors (Lipinski definition) is 5. The molecule has 0 fully saturated rings. The number of anilines is 1. The average molecular weight is 347 g/mol. The highest BCUT2D eigenvalue weighted by Gasteiger charge is 2.25. The van der Waals surface area contributed by atoms with Crippen LogP contribution in [0.3, 0.4) is 0 Å². The quantitative estimate of drug-likeness (QED) is 0.846. The summed E-state index contributed by atoms with van der Waals surface area (Å²) >= 11 is 0. The summed E-state index contributed by atoms with van der Waals surface area (Å²) in [5, 5.41) is 0. The lowest BCUT2D eigenvalue weighted by Gasteiger charge is -2.26. The van der Waals surface area contributed by atoms with Gasteiger partial charge >= 0.3 is 0 Å². The molecule has 0 saturated heterocycles. The smallest absolute Gasteiger partial charge is 0.264 e. The zero-order valence-electron chi connectivity index (χ0n) is 13.4. The molecule has 0 spiro atoms. The van der Waals surface area contributed by atoms with E-state index in [2.05, 4.69) is 0 Å². The number of carbonyl (C=O) groups is 1. The fourth-order valence-corrected chi connectivity index (χ4v) is 3.83. The van der Waals surface area contributed by atoms with Gasteiger partial charge in [-0.05, 0) is 35.9 Å². The minimum atomic E-state index is -3.54. The third-order valence-electron chi connectivity index (χ3n) is 3.89. The Labute approximate surface area is 140 Å². The third kappa shape index (κ3) is 3.07. The first-order valence-electron chi connectivity index (χ1n) is 7.30. The molecule has 24 heavy (non-hydrogen) atoms. The molecule has 3 rings (SSSR count). The van der Waals surface area contributed by atoms with Crippen molar-refractivity contribution < 1.29 is 22.7 Å². The monoisotopic (exact) mass is 347 g/mol. The molecule has 0 atom stereocenters. The summed E-state index contributed by atoms with van der Waals surface area (Å²) in [6.45, 7) is -0.0402. The van der Waals surface area contributed by atoms with Gasteiger partial charge in [0.1, 0.15) is 11.5 Å². The molecule has 0 aromatic heterocycles. The highest BCUT2D eigenvalue weighted by atomic mass is 32.2. The van der Waals surface area contributed by atoms with Crippen molar-refractivity contribution in [2.75, 3.05) is 25.7 Å². The van der Waals surface area contributed by atoms with Crippen LogP contribution in [0.2, 0.25) is 0 Å². The zero-order chi connectivity index (χ0) is 17.3. The van der Waals surface area contributed by atoms with Gasteiger partial charge in [-0.2, -0.15) is 0 Å². The minimum absolute atomic E-state index is 0.0402. The molecule has 0 aliphatic carbocycles. The van der Waals surface area contributed by atoms with E-state index in [1.807, 2.05) is 0 Å². The Morgan fingerprint density at radius 1 is 1.17 bits per heavy atom. The van der Waals surface area contributed by atoms with Crippen LogP contribution in [0.5, 0.6) is 11.5 Å². The summed E-state index contributed by atoms with van der Waals surface area (Å²) in [7, 11) is -0.387. The Bertz CT molecular complexity index is 874. The number of likely N-dealkylation sites (N-methyl/N-ethyl adjacent to an activating group) is 1. The molecule has 1 aliphatic rings. The lowest BCUT2D eigenvalue weighted by atomic mass is 10.2. The van der Waals surface area contributed by atoms with Crippen molar-refractivity contribution >= 4 is 21.4 Å².